The molecule has 1 aromatic heterocycles. The summed E-state index contributed by atoms with van der Waals surface area (Å²) in [6.07, 6.45) is 2.71. The molecule has 1 aliphatic carbocycles. The number of carbonyl (C=O) groups excluding carboxylic acids is 2. The van der Waals surface area contributed by atoms with Gasteiger partial charge in [0.05, 0.1) is 12.1 Å². The van der Waals surface area contributed by atoms with E-state index in [4.69, 9.17) is 15.2 Å². The molecule has 4 rings (SSSR count). The molecule has 2 amide bonds. The minimum atomic E-state index is -0.705. The van der Waals surface area contributed by atoms with Crippen molar-refractivity contribution in [3.8, 4) is 17.0 Å². The van der Waals surface area contributed by atoms with Gasteiger partial charge in [-0.1, -0.05) is 19.9 Å². The number of amides is 2. The minimum Gasteiger partial charge on any atom is -0.486 e. The fourth-order valence-corrected chi connectivity index (χ4v) is 4.07. The van der Waals surface area contributed by atoms with E-state index in [1.165, 1.54) is 29.4 Å². The molecule has 2 aromatic carbocycles. The second-order valence-electron chi connectivity index (χ2n) is 10.8. The van der Waals surface area contributed by atoms with Gasteiger partial charge in [-0.25, -0.2) is 23.5 Å². The fraction of sp³-hybridized carbons (Fsp3) is 0.419. The molecule has 3 N–H and O–H groups in total. The molecule has 1 fully saturated rings. The Hall–Kier alpha value is -4.28. The number of aromatic nitrogens is 2. The van der Waals surface area contributed by atoms with Gasteiger partial charge in [0.15, 0.2) is 11.6 Å². The molecule has 0 saturated heterocycles. The van der Waals surface area contributed by atoms with Crippen molar-refractivity contribution in [1.82, 2.24) is 14.9 Å². The summed E-state index contributed by atoms with van der Waals surface area (Å²) >= 11 is 0. The maximum atomic E-state index is 14.8. The summed E-state index contributed by atoms with van der Waals surface area (Å²) < 4.78 is 40.7. The van der Waals surface area contributed by atoms with Crippen molar-refractivity contribution in [3.63, 3.8) is 0 Å². The van der Waals surface area contributed by atoms with E-state index >= 15 is 0 Å². The molecule has 11 heteroatoms. The van der Waals surface area contributed by atoms with E-state index in [-0.39, 0.29) is 41.7 Å². The van der Waals surface area contributed by atoms with Crippen molar-refractivity contribution in [2.75, 3.05) is 31.2 Å². The summed E-state index contributed by atoms with van der Waals surface area (Å²) in [7, 11) is 1.57. The van der Waals surface area contributed by atoms with Crippen molar-refractivity contribution < 1.29 is 27.8 Å². The highest BCUT2D eigenvalue weighted by molar-refractivity contribution is 6.05. The highest BCUT2D eigenvalue weighted by atomic mass is 19.1. The van der Waals surface area contributed by atoms with E-state index in [0.717, 1.165) is 24.5 Å². The number of halogens is 2. The minimum absolute atomic E-state index is 0.0111. The first-order valence-electron chi connectivity index (χ1n) is 13.9. The molecule has 0 radical (unpaired) electrons. The maximum Gasteiger partial charge on any atom is 0.410 e. The van der Waals surface area contributed by atoms with Gasteiger partial charge in [0.2, 0.25) is 0 Å². The number of rotatable bonds is 8. The van der Waals surface area contributed by atoms with E-state index in [9.17, 15) is 18.4 Å². The number of hydrogen-bond donors (Lipinski definition) is 2. The maximum absolute atomic E-state index is 14.8. The first-order valence-corrected chi connectivity index (χ1v) is 13.9. The lowest BCUT2D eigenvalue weighted by atomic mass is 10.0. The number of nitrogens with zero attached hydrogens (tertiary/aromatic N) is 3. The average molecular weight is 584 g/mol. The number of hydrogen-bond acceptors (Lipinski definition) is 7. The predicted octanol–water partition coefficient (Wildman–Crippen LogP) is 6.71. The SMILES string of the molecule is CC.Cc1c(NC(=O)c2ccc(C3CC3)cc2F)cc(F)cc1-c1ncnc(N)c1OCCN(C)C(=O)OC(C)(C)C. The summed E-state index contributed by atoms with van der Waals surface area (Å²) in [6.45, 7) is 11.1. The smallest absolute Gasteiger partial charge is 0.410 e. The lowest BCUT2D eigenvalue weighted by Crippen LogP contribution is -2.36. The van der Waals surface area contributed by atoms with E-state index in [1.54, 1.807) is 40.8 Å². The van der Waals surface area contributed by atoms with Crippen LogP contribution in [0.25, 0.3) is 11.3 Å². The molecule has 42 heavy (non-hydrogen) atoms. The van der Waals surface area contributed by atoms with Gasteiger partial charge in [-0.15, -0.1) is 0 Å². The Balaban J connectivity index is 0.00000237. The monoisotopic (exact) mass is 583 g/mol. The van der Waals surface area contributed by atoms with Crippen LogP contribution in [0.2, 0.25) is 0 Å². The Morgan fingerprint density at radius 2 is 1.81 bits per heavy atom. The number of nitrogens with one attached hydrogen (secondary N) is 1. The fourth-order valence-electron chi connectivity index (χ4n) is 4.07. The van der Waals surface area contributed by atoms with Crippen LogP contribution in [0, 0.1) is 18.6 Å². The number of anilines is 2. The van der Waals surface area contributed by atoms with Gasteiger partial charge in [0, 0.05) is 18.3 Å². The van der Waals surface area contributed by atoms with Gasteiger partial charge in [-0.3, -0.25) is 4.79 Å². The Bertz CT molecular complexity index is 1440. The normalized spacial score (nSPS) is 12.6. The molecular formula is C31H39F2N5O4. The van der Waals surface area contributed by atoms with Gasteiger partial charge in [-0.05, 0) is 81.8 Å². The van der Waals surface area contributed by atoms with Crippen molar-refractivity contribution >= 4 is 23.5 Å². The van der Waals surface area contributed by atoms with Crippen molar-refractivity contribution in [2.24, 2.45) is 0 Å². The standard InChI is InChI=1S/C29H33F2N5O4.C2H6/c1-16-21(24-25(26(32)34-15-33-24)39-11-10-36(5)28(38)40-29(2,3)4)13-19(30)14-23(16)35-27(37)20-9-8-18(12-22(20)31)17-6-7-17;1-2/h8-9,12-15,17H,6-7,10-11H2,1-5H3,(H,35,37)(H2,32,33,34);1-2H3. The predicted molar refractivity (Wildman–Crippen MR) is 159 cm³/mol. The Morgan fingerprint density at radius 1 is 1.12 bits per heavy atom. The first kappa shape index (κ1) is 32.2. The molecule has 0 spiro atoms. The second kappa shape index (κ2) is 13.6. The topological polar surface area (TPSA) is 120 Å². The van der Waals surface area contributed by atoms with Crippen LogP contribution in [0.15, 0.2) is 36.7 Å². The van der Waals surface area contributed by atoms with Crippen LogP contribution in [-0.2, 0) is 4.74 Å². The molecule has 1 saturated carbocycles. The molecule has 226 valence electrons. The number of nitrogens with two attached hydrogens (primary N) is 1. The van der Waals surface area contributed by atoms with Crippen LogP contribution >= 0.6 is 0 Å². The molecular weight excluding hydrogens is 544 g/mol. The lowest BCUT2D eigenvalue weighted by Gasteiger charge is -2.24. The number of benzene rings is 2. The summed E-state index contributed by atoms with van der Waals surface area (Å²) in [4.78, 5) is 34.7. The van der Waals surface area contributed by atoms with Gasteiger partial charge >= 0.3 is 6.09 Å². The van der Waals surface area contributed by atoms with Crippen LogP contribution in [-0.4, -0.2) is 52.7 Å². The average Bonchev–Trinajstić information content (AvgIpc) is 3.77. The zero-order valence-electron chi connectivity index (χ0n) is 25.2. The molecule has 1 heterocycles. The molecule has 0 aliphatic heterocycles. The van der Waals surface area contributed by atoms with Gasteiger partial charge in [0.25, 0.3) is 5.91 Å². The van der Waals surface area contributed by atoms with Gasteiger partial charge < -0.3 is 25.4 Å². The molecule has 1 aliphatic rings. The van der Waals surface area contributed by atoms with Gasteiger partial charge in [-0.2, -0.15) is 0 Å². The molecule has 9 nitrogen and oxygen atoms in total. The van der Waals surface area contributed by atoms with Crippen LogP contribution in [0.3, 0.4) is 0 Å². The molecule has 0 unspecified atom stereocenters. The van der Waals surface area contributed by atoms with Crippen molar-refractivity contribution in [1.29, 1.82) is 0 Å². The Labute approximate surface area is 245 Å². The van der Waals surface area contributed by atoms with Crippen LogP contribution < -0.4 is 15.8 Å². The van der Waals surface area contributed by atoms with E-state index in [0.29, 0.717) is 17.0 Å². The highest BCUT2D eigenvalue weighted by Gasteiger charge is 2.26. The zero-order valence-corrected chi connectivity index (χ0v) is 25.2. The number of nitrogen functional groups attached to an aromatic ring is 1. The number of ether oxygens (including phenoxy) is 2. The van der Waals surface area contributed by atoms with Crippen LogP contribution in [0.5, 0.6) is 5.75 Å². The van der Waals surface area contributed by atoms with Gasteiger partial charge in [0.1, 0.15) is 35.9 Å². The third-order valence-electron chi connectivity index (χ3n) is 6.37. The van der Waals surface area contributed by atoms with E-state index < -0.39 is 29.2 Å². The Kier molecular flexibility index (Phi) is 10.4. The molecule has 0 atom stereocenters. The summed E-state index contributed by atoms with van der Waals surface area (Å²) in [5.74, 6) is -1.55. The van der Waals surface area contributed by atoms with Crippen LogP contribution in [0.1, 0.15) is 74.9 Å². The largest absolute Gasteiger partial charge is 0.486 e. The third-order valence-corrected chi connectivity index (χ3v) is 6.37. The summed E-state index contributed by atoms with van der Waals surface area (Å²) in [5.41, 5.74) is 7.23. The number of carbonyl (C=O) groups is 2. The molecule has 0 bridgehead atoms. The quantitative estimate of drug-likeness (QED) is 0.302. The summed E-state index contributed by atoms with van der Waals surface area (Å²) in [6, 6.07) is 6.95. The number of likely N-dealkylation sites (N-methyl/N-ethyl adjacent to an activating group) is 1. The van der Waals surface area contributed by atoms with E-state index in [2.05, 4.69) is 15.3 Å². The Morgan fingerprint density at radius 3 is 2.43 bits per heavy atom. The van der Waals surface area contributed by atoms with Crippen molar-refractivity contribution in [2.45, 2.75) is 65.9 Å². The first-order chi connectivity index (χ1) is 19.8. The second-order valence-corrected chi connectivity index (χ2v) is 10.8. The van der Waals surface area contributed by atoms with Crippen LogP contribution in [0.4, 0.5) is 25.1 Å². The lowest BCUT2D eigenvalue weighted by molar-refractivity contribution is 0.0278. The van der Waals surface area contributed by atoms with Crippen molar-refractivity contribution in [3.05, 3.63) is 65.0 Å². The zero-order chi connectivity index (χ0) is 31.2. The summed E-state index contributed by atoms with van der Waals surface area (Å²) in [5, 5.41) is 2.61. The van der Waals surface area contributed by atoms with E-state index in [1.807, 2.05) is 13.8 Å². The third kappa shape index (κ3) is 8.14. The molecule has 3 aromatic rings. The highest BCUT2D eigenvalue weighted by Crippen LogP contribution is 2.40.